The minimum absolute atomic E-state index is 0.152. The number of aliphatic carboxylic acids is 1. The van der Waals surface area contributed by atoms with E-state index >= 15 is 0 Å². The van der Waals surface area contributed by atoms with Crippen molar-refractivity contribution in [3.05, 3.63) is 44.5 Å². The average Bonchev–Trinajstić information content (AvgIpc) is 2.17. The van der Waals surface area contributed by atoms with E-state index in [1.807, 2.05) is 0 Å². The van der Waals surface area contributed by atoms with E-state index in [0.717, 1.165) is 31.2 Å². The fourth-order valence-corrected chi connectivity index (χ4v) is 0.696. The summed E-state index contributed by atoms with van der Waals surface area (Å²) in [4.78, 5) is 28.0. The largest absolute Gasteiger partial charge is 0.481 e. The van der Waals surface area contributed by atoms with E-state index in [1.165, 1.54) is 0 Å². The third-order valence-corrected chi connectivity index (χ3v) is 1.27. The molecule has 0 aliphatic heterocycles. The van der Waals surface area contributed by atoms with Crippen LogP contribution in [0.5, 0.6) is 0 Å². The first-order valence-corrected chi connectivity index (χ1v) is 3.93. The molecule has 8 nitrogen and oxygen atoms in total. The van der Waals surface area contributed by atoms with Crippen LogP contribution in [0.4, 0.5) is 11.4 Å². The second kappa shape index (κ2) is 6.06. The maximum absolute atomic E-state index is 10.1. The topological polar surface area (TPSA) is 124 Å². The fraction of sp³-hybridized carbons (Fsp3) is 0.125. The first kappa shape index (κ1) is 13.5. The van der Waals surface area contributed by atoms with Crippen molar-refractivity contribution in [3.8, 4) is 0 Å². The molecule has 0 unspecified atom stereocenters. The lowest BCUT2D eigenvalue weighted by molar-refractivity contribution is -0.389. The van der Waals surface area contributed by atoms with Gasteiger partial charge in [-0.15, -0.1) is 0 Å². The van der Waals surface area contributed by atoms with Gasteiger partial charge in [0.1, 0.15) is 0 Å². The molecule has 1 aromatic rings. The molecule has 0 aromatic heterocycles. The Morgan fingerprint density at radius 2 is 1.25 bits per heavy atom. The highest BCUT2D eigenvalue weighted by Gasteiger charge is 2.08. The lowest BCUT2D eigenvalue weighted by atomic mass is 10.3. The molecule has 86 valence electrons. The number of nitro groups is 2. The Morgan fingerprint density at radius 1 is 1.06 bits per heavy atom. The molecular formula is C8H8N2O6. The number of nitro benzene ring substituents is 2. The van der Waals surface area contributed by atoms with E-state index < -0.39 is 15.8 Å². The summed E-state index contributed by atoms with van der Waals surface area (Å²) in [5, 5.41) is 27.7. The number of carboxylic acid groups (broad SMARTS) is 1. The molecule has 0 fully saturated rings. The molecule has 0 spiro atoms. The van der Waals surface area contributed by atoms with Gasteiger partial charge >= 0.3 is 0 Å². The van der Waals surface area contributed by atoms with E-state index in [0.29, 0.717) is 0 Å². The molecule has 0 radical (unpaired) electrons. The van der Waals surface area contributed by atoms with Crippen molar-refractivity contribution in [1.82, 2.24) is 0 Å². The Bertz CT molecular complexity index is 362. The third kappa shape index (κ3) is 5.27. The zero-order valence-corrected chi connectivity index (χ0v) is 8.19. The molecule has 0 atom stereocenters. The van der Waals surface area contributed by atoms with Gasteiger partial charge in [-0.25, -0.2) is 0 Å². The molecule has 1 aromatic carbocycles. The minimum Gasteiger partial charge on any atom is -0.481 e. The quantitative estimate of drug-likeness (QED) is 0.605. The van der Waals surface area contributed by atoms with Crippen LogP contribution in [-0.4, -0.2) is 20.9 Å². The number of hydrogen-bond acceptors (Lipinski definition) is 5. The van der Waals surface area contributed by atoms with Crippen LogP contribution in [-0.2, 0) is 4.79 Å². The van der Waals surface area contributed by atoms with E-state index in [9.17, 15) is 20.2 Å². The van der Waals surface area contributed by atoms with Crippen molar-refractivity contribution < 1.29 is 19.7 Å². The van der Waals surface area contributed by atoms with Gasteiger partial charge in [0.25, 0.3) is 17.3 Å². The van der Waals surface area contributed by atoms with E-state index in [1.54, 1.807) is 0 Å². The Labute approximate surface area is 89.4 Å². The predicted octanol–water partition coefficient (Wildman–Crippen LogP) is 1.59. The summed E-state index contributed by atoms with van der Waals surface area (Å²) >= 11 is 0. The van der Waals surface area contributed by atoms with Gasteiger partial charge in [-0.3, -0.25) is 25.0 Å². The second-order valence-corrected chi connectivity index (χ2v) is 2.55. The van der Waals surface area contributed by atoms with Crippen molar-refractivity contribution in [2.75, 3.05) is 0 Å². The lowest BCUT2D eigenvalue weighted by Crippen LogP contribution is -1.90. The van der Waals surface area contributed by atoms with Crippen LogP contribution >= 0.6 is 0 Å². The number of carboxylic acids is 1. The Hall–Kier alpha value is -2.51. The molecule has 1 N–H and O–H groups in total. The maximum atomic E-state index is 10.1. The number of non-ortho nitro benzene ring substituents is 2. The van der Waals surface area contributed by atoms with Gasteiger partial charge in [0.15, 0.2) is 0 Å². The molecular weight excluding hydrogens is 220 g/mol. The molecule has 0 aliphatic rings. The van der Waals surface area contributed by atoms with Crippen LogP contribution in [0.3, 0.4) is 0 Å². The molecule has 8 heteroatoms. The summed E-state index contributed by atoms with van der Waals surface area (Å²) < 4.78 is 0. The van der Waals surface area contributed by atoms with Crippen LogP contribution < -0.4 is 0 Å². The molecule has 16 heavy (non-hydrogen) atoms. The van der Waals surface area contributed by atoms with Crippen molar-refractivity contribution in [1.29, 1.82) is 0 Å². The van der Waals surface area contributed by atoms with Crippen molar-refractivity contribution in [3.63, 3.8) is 0 Å². The molecule has 0 aliphatic carbocycles. The van der Waals surface area contributed by atoms with Crippen LogP contribution in [0, 0.1) is 20.2 Å². The third-order valence-electron chi connectivity index (χ3n) is 1.27. The van der Waals surface area contributed by atoms with Gasteiger partial charge < -0.3 is 5.11 Å². The highest BCUT2D eigenvalue weighted by molar-refractivity contribution is 5.62. The molecule has 0 saturated heterocycles. The van der Waals surface area contributed by atoms with E-state index in [-0.39, 0.29) is 11.4 Å². The van der Waals surface area contributed by atoms with E-state index in [2.05, 4.69) is 0 Å². The van der Waals surface area contributed by atoms with Crippen molar-refractivity contribution in [2.24, 2.45) is 0 Å². The van der Waals surface area contributed by atoms with Gasteiger partial charge in [-0.1, -0.05) is 0 Å². The van der Waals surface area contributed by atoms with Crippen molar-refractivity contribution >= 4 is 17.3 Å². The summed E-state index contributed by atoms with van der Waals surface area (Å²) in [6.07, 6.45) is 0. The second-order valence-electron chi connectivity index (χ2n) is 2.55. The van der Waals surface area contributed by atoms with Gasteiger partial charge in [0.05, 0.1) is 9.85 Å². The SMILES string of the molecule is CC(=O)O.O=[N+]([O-])c1ccc([N+](=O)[O-])cc1. The highest BCUT2D eigenvalue weighted by Crippen LogP contribution is 2.16. The number of rotatable bonds is 2. The summed E-state index contributed by atoms with van der Waals surface area (Å²) in [7, 11) is 0. The maximum Gasteiger partial charge on any atom is 0.300 e. The van der Waals surface area contributed by atoms with Gasteiger partial charge in [0, 0.05) is 31.2 Å². The fourth-order valence-electron chi connectivity index (χ4n) is 0.696. The van der Waals surface area contributed by atoms with Gasteiger partial charge in [0.2, 0.25) is 0 Å². The van der Waals surface area contributed by atoms with Crippen LogP contribution in [0.2, 0.25) is 0 Å². The zero-order chi connectivity index (χ0) is 12.7. The zero-order valence-electron chi connectivity index (χ0n) is 8.19. The first-order chi connectivity index (χ1) is 7.34. The molecule has 1 rings (SSSR count). The normalized spacial score (nSPS) is 8.56. The smallest absolute Gasteiger partial charge is 0.300 e. The van der Waals surface area contributed by atoms with Gasteiger partial charge in [-0.2, -0.15) is 0 Å². The van der Waals surface area contributed by atoms with Crippen molar-refractivity contribution in [2.45, 2.75) is 6.92 Å². The number of benzene rings is 1. The number of carbonyl (C=O) groups is 1. The van der Waals surface area contributed by atoms with Crippen LogP contribution in [0.1, 0.15) is 6.92 Å². The average molecular weight is 228 g/mol. The molecule has 0 heterocycles. The molecule has 0 bridgehead atoms. The van der Waals surface area contributed by atoms with Crippen LogP contribution in [0.15, 0.2) is 24.3 Å². The summed E-state index contributed by atoms with van der Waals surface area (Å²) in [5.74, 6) is -0.833. The minimum atomic E-state index is -0.833. The molecule has 0 saturated carbocycles. The predicted molar refractivity (Wildman–Crippen MR) is 53.1 cm³/mol. The van der Waals surface area contributed by atoms with Crippen LogP contribution in [0.25, 0.3) is 0 Å². The Balaban J connectivity index is 0.000000487. The Morgan fingerprint density at radius 3 is 1.38 bits per heavy atom. The monoisotopic (exact) mass is 228 g/mol. The Kier molecular flexibility index (Phi) is 5.11. The summed E-state index contributed by atoms with van der Waals surface area (Å²) in [6.45, 7) is 1.08. The highest BCUT2D eigenvalue weighted by atomic mass is 16.6. The molecule has 0 amide bonds. The number of hydrogen-bond donors (Lipinski definition) is 1. The first-order valence-electron chi connectivity index (χ1n) is 3.93. The lowest BCUT2D eigenvalue weighted by Gasteiger charge is -1.90. The summed E-state index contributed by atoms with van der Waals surface area (Å²) in [6, 6.07) is 4.38. The number of nitrogens with zero attached hydrogens (tertiary/aromatic N) is 2. The van der Waals surface area contributed by atoms with E-state index in [4.69, 9.17) is 9.90 Å². The summed E-state index contributed by atoms with van der Waals surface area (Å²) in [5.41, 5.74) is -0.304. The van der Waals surface area contributed by atoms with Gasteiger partial charge in [-0.05, 0) is 0 Å². The standard InChI is InChI=1S/C6H4N2O4.C2H4O2/c9-7(10)5-1-2-6(4-3-5)8(11)12;1-2(3)4/h1-4H;1H3,(H,3,4).